The van der Waals surface area contributed by atoms with E-state index >= 15 is 0 Å². The van der Waals surface area contributed by atoms with Gasteiger partial charge in [0.1, 0.15) is 0 Å². The van der Waals surface area contributed by atoms with E-state index in [9.17, 15) is 8.42 Å². The highest BCUT2D eigenvalue weighted by atomic mass is 32.2. The lowest BCUT2D eigenvalue weighted by molar-refractivity contribution is 0.602. The second-order valence-electron chi connectivity index (χ2n) is 4.68. The fourth-order valence-electron chi connectivity index (χ4n) is 2.42. The van der Waals surface area contributed by atoms with Crippen molar-refractivity contribution in [1.82, 2.24) is 0 Å². The smallest absolute Gasteiger partial charge is 0.175 e. The minimum absolute atomic E-state index is 0.367. The summed E-state index contributed by atoms with van der Waals surface area (Å²) in [4.78, 5) is 0.367. The first-order valence-electron chi connectivity index (χ1n) is 5.67. The lowest BCUT2D eigenvalue weighted by Gasteiger charge is -2.04. The van der Waals surface area contributed by atoms with E-state index in [1.807, 2.05) is 24.3 Å². The van der Waals surface area contributed by atoms with Crippen molar-refractivity contribution >= 4 is 15.5 Å². The third kappa shape index (κ3) is 1.69. The van der Waals surface area contributed by atoms with Crippen LogP contribution in [-0.4, -0.2) is 14.7 Å². The SMILES string of the molecule is CS(=O)(=O)c1ccc2c(c1)-c1ccc(N)cc1C2. The Morgan fingerprint density at radius 2 is 1.78 bits per heavy atom. The maximum Gasteiger partial charge on any atom is 0.175 e. The number of nitrogens with two attached hydrogens (primary N) is 1. The van der Waals surface area contributed by atoms with Crippen LogP contribution in [-0.2, 0) is 16.3 Å². The first kappa shape index (κ1) is 11.3. The number of benzene rings is 2. The Labute approximate surface area is 106 Å². The van der Waals surface area contributed by atoms with Crippen molar-refractivity contribution in [3.8, 4) is 11.1 Å². The Morgan fingerprint density at radius 1 is 1.00 bits per heavy atom. The monoisotopic (exact) mass is 259 g/mol. The average molecular weight is 259 g/mol. The first-order valence-corrected chi connectivity index (χ1v) is 7.56. The van der Waals surface area contributed by atoms with E-state index in [1.54, 1.807) is 12.1 Å². The number of nitrogen functional groups attached to an aromatic ring is 1. The first-order chi connectivity index (χ1) is 8.45. The van der Waals surface area contributed by atoms with E-state index < -0.39 is 9.84 Å². The minimum atomic E-state index is -3.16. The van der Waals surface area contributed by atoms with Gasteiger partial charge in [-0.15, -0.1) is 0 Å². The van der Waals surface area contributed by atoms with Crippen LogP contribution in [0.15, 0.2) is 41.3 Å². The molecule has 0 radical (unpaired) electrons. The topological polar surface area (TPSA) is 60.2 Å². The van der Waals surface area contributed by atoms with Gasteiger partial charge in [0.05, 0.1) is 4.90 Å². The highest BCUT2D eigenvalue weighted by Crippen LogP contribution is 2.38. The summed E-state index contributed by atoms with van der Waals surface area (Å²) in [5.41, 5.74) is 10.9. The van der Waals surface area contributed by atoms with E-state index in [0.717, 1.165) is 34.4 Å². The Balaban J connectivity index is 2.23. The molecule has 0 atom stereocenters. The van der Waals surface area contributed by atoms with Gasteiger partial charge in [0, 0.05) is 11.9 Å². The molecule has 2 aromatic rings. The molecular formula is C14H13NO2S. The van der Waals surface area contributed by atoms with Crippen molar-refractivity contribution in [2.45, 2.75) is 11.3 Å². The second kappa shape index (κ2) is 3.59. The number of hydrogen-bond acceptors (Lipinski definition) is 3. The molecule has 0 aromatic heterocycles. The van der Waals surface area contributed by atoms with Gasteiger partial charge in [-0.1, -0.05) is 12.1 Å². The van der Waals surface area contributed by atoms with Gasteiger partial charge in [-0.25, -0.2) is 8.42 Å². The highest BCUT2D eigenvalue weighted by Gasteiger charge is 2.20. The summed E-state index contributed by atoms with van der Waals surface area (Å²) in [6, 6.07) is 11.1. The quantitative estimate of drug-likeness (QED) is 0.682. The molecule has 0 saturated heterocycles. The van der Waals surface area contributed by atoms with Crippen LogP contribution in [0.25, 0.3) is 11.1 Å². The molecule has 0 fully saturated rings. The predicted octanol–water partition coefficient (Wildman–Crippen LogP) is 2.24. The number of anilines is 1. The summed E-state index contributed by atoms with van der Waals surface area (Å²) in [6.45, 7) is 0. The normalized spacial score (nSPS) is 13.2. The van der Waals surface area contributed by atoms with E-state index in [4.69, 9.17) is 5.73 Å². The van der Waals surface area contributed by atoms with Crippen LogP contribution in [0.4, 0.5) is 5.69 Å². The summed E-state index contributed by atoms with van der Waals surface area (Å²) >= 11 is 0. The number of fused-ring (bicyclic) bond motifs is 3. The molecule has 3 rings (SSSR count). The summed E-state index contributed by atoms with van der Waals surface area (Å²) in [5.74, 6) is 0. The zero-order chi connectivity index (χ0) is 12.9. The second-order valence-corrected chi connectivity index (χ2v) is 6.70. The van der Waals surface area contributed by atoms with Gasteiger partial charge in [-0.05, 0) is 52.9 Å². The zero-order valence-electron chi connectivity index (χ0n) is 9.97. The molecule has 0 amide bonds. The van der Waals surface area contributed by atoms with Crippen molar-refractivity contribution in [1.29, 1.82) is 0 Å². The van der Waals surface area contributed by atoms with Gasteiger partial charge >= 0.3 is 0 Å². The van der Waals surface area contributed by atoms with Crippen molar-refractivity contribution in [3.63, 3.8) is 0 Å². The number of rotatable bonds is 1. The number of sulfone groups is 1. The third-order valence-corrected chi connectivity index (χ3v) is 4.42. The molecule has 0 saturated carbocycles. The maximum atomic E-state index is 11.6. The lowest BCUT2D eigenvalue weighted by atomic mass is 10.1. The van der Waals surface area contributed by atoms with Gasteiger partial charge < -0.3 is 5.73 Å². The third-order valence-electron chi connectivity index (χ3n) is 3.31. The average Bonchev–Trinajstić information content (AvgIpc) is 2.63. The lowest BCUT2D eigenvalue weighted by Crippen LogP contribution is -1.97. The van der Waals surface area contributed by atoms with Crippen LogP contribution < -0.4 is 5.73 Å². The van der Waals surface area contributed by atoms with Gasteiger partial charge in [0.15, 0.2) is 9.84 Å². The fourth-order valence-corrected chi connectivity index (χ4v) is 3.07. The van der Waals surface area contributed by atoms with Crippen LogP contribution in [0, 0.1) is 0 Å². The van der Waals surface area contributed by atoms with Crippen LogP contribution in [0.1, 0.15) is 11.1 Å². The molecule has 0 spiro atoms. The molecule has 0 heterocycles. The molecule has 2 N–H and O–H groups in total. The Bertz CT molecular complexity index is 748. The van der Waals surface area contributed by atoms with Crippen LogP contribution >= 0.6 is 0 Å². The molecule has 2 aromatic carbocycles. The van der Waals surface area contributed by atoms with Crippen molar-refractivity contribution < 1.29 is 8.42 Å². The van der Waals surface area contributed by atoms with E-state index in [1.165, 1.54) is 6.26 Å². The molecule has 4 heteroatoms. The molecule has 0 bridgehead atoms. The van der Waals surface area contributed by atoms with E-state index in [2.05, 4.69) is 0 Å². The molecule has 0 aliphatic heterocycles. The van der Waals surface area contributed by atoms with Gasteiger partial charge in [0.25, 0.3) is 0 Å². The predicted molar refractivity (Wildman–Crippen MR) is 72.2 cm³/mol. The minimum Gasteiger partial charge on any atom is -0.399 e. The summed E-state index contributed by atoms with van der Waals surface area (Å²) in [5, 5.41) is 0. The van der Waals surface area contributed by atoms with Crippen molar-refractivity contribution in [3.05, 3.63) is 47.5 Å². The summed E-state index contributed by atoms with van der Waals surface area (Å²) < 4.78 is 23.2. The molecular weight excluding hydrogens is 246 g/mol. The Morgan fingerprint density at radius 3 is 2.50 bits per heavy atom. The molecule has 3 nitrogen and oxygen atoms in total. The molecule has 1 aliphatic rings. The Kier molecular flexibility index (Phi) is 2.25. The molecule has 1 aliphatic carbocycles. The van der Waals surface area contributed by atoms with Gasteiger partial charge in [-0.3, -0.25) is 0 Å². The van der Waals surface area contributed by atoms with E-state index in [0.29, 0.717) is 4.90 Å². The standard InChI is InChI=1S/C14H13NO2S/c1-18(16,17)12-4-2-9-6-10-7-11(15)3-5-13(10)14(9)8-12/h2-5,7-8H,6,15H2,1H3. The van der Waals surface area contributed by atoms with Gasteiger partial charge in [0.2, 0.25) is 0 Å². The highest BCUT2D eigenvalue weighted by molar-refractivity contribution is 7.90. The zero-order valence-corrected chi connectivity index (χ0v) is 10.8. The van der Waals surface area contributed by atoms with Crippen molar-refractivity contribution in [2.75, 3.05) is 12.0 Å². The molecule has 92 valence electrons. The largest absolute Gasteiger partial charge is 0.399 e. The van der Waals surface area contributed by atoms with Crippen LogP contribution in [0.3, 0.4) is 0 Å². The van der Waals surface area contributed by atoms with Gasteiger partial charge in [-0.2, -0.15) is 0 Å². The maximum absolute atomic E-state index is 11.6. The summed E-state index contributed by atoms with van der Waals surface area (Å²) in [7, 11) is -3.16. The number of hydrogen-bond donors (Lipinski definition) is 1. The molecule has 0 unspecified atom stereocenters. The van der Waals surface area contributed by atoms with Crippen LogP contribution in [0.5, 0.6) is 0 Å². The molecule has 18 heavy (non-hydrogen) atoms. The Hall–Kier alpha value is -1.81. The van der Waals surface area contributed by atoms with Crippen LogP contribution in [0.2, 0.25) is 0 Å². The summed E-state index contributed by atoms with van der Waals surface area (Å²) in [6.07, 6.45) is 2.05. The van der Waals surface area contributed by atoms with Crippen molar-refractivity contribution in [2.24, 2.45) is 0 Å². The van der Waals surface area contributed by atoms with E-state index in [-0.39, 0.29) is 0 Å². The fraction of sp³-hybridized carbons (Fsp3) is 0.143.